The molecule has 25 heavy (non-hydrogen) atoms. The third-order valence-corrected chi connectivity index (χ3v) is 4.35. The summed E-state index contributed by atoms with van der Waals surface area (Å²) in [5, 5.41) is 30.9. The van der Waals surface area contributed by atoms with Gasteiger partial charge in [0, 0.05) is 45.3 Å². The molecule has 1 aromatic heterocycles. The van der Waals surface area contributed by atoms with Gasteiger partial charge in [0.05, 0.1) is 0 Å². The molecule has 9 nitrogen and oxygen atoms in total. The van der Waals surface area contributed by atoms with Crippen molar-refractivity contribution in [1.29, 1.82) is 0 Å². The second-order valence-electron chi connectivity index (χ2n) is 6.81. The fourth-order valence-electron chi connectivity index (χ4n) is 2.65. The van der Waals surface area contributed by atoms with Gasteiger partial charge in [-0.3, -0.25) is 9.59 Å². The fourth-order valence-corrected chi connectivity index (χ4v) is 2.65. The smallest absolute Gasteiger partial charge is 0.223 e. The first kappa shape index (κ1) is 19.3. The lowest BCUT2D eigenvalue weighted by Crippen LogP contribution is -2.61. The van der Waals surface area contributed by atoms with E-state index in [0.29, 0.717) is 24.7 Å². The predicted octanol–water partition coefficient (Wildman–Crippen LogP) is -0.414. The second kappa shape index (κ2) is 7.92. The molecule has 0 saturated carbocycles. The van der Waals surface area contributed by atoms with E-state index >= 15 is 0 Å². The molecule has 1 saturated heterocycles. The van der Waals surface area contributed by atoms with Crippen molar-refractivity contribution in [3.05, 3.63) is 11.8 Å². The Hall–Kier alpha value is -2.00. The highest BCUT2D eigenvalue weighted by Gasteiger charge is 2.41. The number of β-amino-alcohol motifs (C(OH)–C–C–N with tert-alkyl or cyclic N) is 1. The Bertz CT molecular complexity index is 617. The summed E-state index contributed by atoms with van der Waals surface area (Å²) in [6.07, 6.45) is -0.399. The van der Waals surface area contributed by atoms with Crippen LogP contribution < -0.4 is 5.32 Å². The second-order valence-corrected chi connectivity index (χ2v) is 6.81. The monoisotopic (exact) mass is 354 g/mol. The number of rotatable bonds is 6. The zero-order chi connectivity index (χ0) is 18.6. The number of hydrogen-bond acceptors (Lipinski definition) is 7. The van der Waals surface area contributed by atoms with Crippen molar-refractivity contribution in [3.63, 3.8) is 0 Å². The molecule has 0 unspecified atom stereocenters. The van der Waals surface area contributed by atoms with E-state index in [4.69, 9.17) is 4.42 Å². The Morgan fingerprint density at radius 1 is 1.44 bits per heavy atom. The van der Waals surface area contributed by atoms with Gasteiger partial charge in [-0.05, 0) is 6.42 Å². The molecule has 2 rings (SSSR count). The number of nitrogens with zero attached hydrogens (tertiary/aromatic N) is 3. The minimum absolute atomic E-state index is 0.0238. The maximum Gasteiger partial charge on any atom is 0.223 e. The van der Waals surface area contributed by atoms with Crippen LogP contribution in [0.4, 0.5) is 0 Å². The molecule has 2 amide bonds. The molecule has 2 heterocycles. The van der Waals surface area contributed by atoms with Gasteiger partial charge in [0.1, 0.15) is 11.7 Å². The van der Waals surface area contributed by atoms with Gasteiger partial charge in [0.15, 0.2) is 0 Å². The van der Waals surface area contributed by atoms with Crippen LogP contribution in [0.5, 0.6) is 0 Å². The van der Waals surface area contributed by atoms with Crippen LogP contribution in [-0.2, 0) is 16.0 Å². The van der Waals surface area contributed by atoms with Gasteiger partial charge in [0.25, 0.3) is 0 Å². The molecule has 140 valence electrons. The van der Waals surface area contributed by atoms with Crippen LogP contribution in [0.3, 0.4) is 0 Å². The average molecular weight is 354 g/mol. The van der Waals surface area contributed by atoms with Crippen LogP contribution in [0.15, 0.2) is 4.42 Å². The number of amides is 2. The van der Waals surface area contributed by atoms with Crippen LogP contribution in [0.1, 0.15) is 51.3 Å². The molecule has 0 aliphatic carbocycles. The Kier molecular flexibility index (Phi) is 6.12. The highest BCUT2D eigenvalue weighted by molar-refractivity contribution is 5.76. The first-order valence-corrected chi connectivity index (χ1v) is 8.46. The molecule has 0 radical (unpaired) electrons. The first-order chi connectivity index (χ1) is 11.7. The van der Waals surface area contributed by atoms with E-state index in [-0.39, 0.29) is 43.7 Å². The Balaban J connectivity index is 1.84. The van der Waals surface area contributed by atoms with Crippen molar-refractivity contribution in [2.75, 3.05) is 19.6 Å². The molecule has 0 bridgehead atoms. The Morgan fingerprint density at radius 3 is 2.72 bits per heavy atom. The van der Waals surface area contributed by atoms with Gasteiger partial charge in [-0.1, -0.05) is 13.8 Å². The molecule has 0 aromatic carbocycles. The van der Waals surface area contributed by atoms with Crippen LogP contribution in [-0.4, -0.2) is 68.5 Å². The van der Waals surface area contributed by atoms with E-state index in [9.17, 15) is 19.8 Å². The highest BCUT2D eigenvalue weighted by atomic mass is 16.4. The minimum atomic E-state index is -1.42. The predicted molar refractivity (Wildman–Crippen MR) is 87.5 cm³/mol. The van der Waals surface area contributed by atoms with Crippen molar-refractivity contribution in [1.82, 2.24) is 20.4 Å². The summed E-state index contributed by atoms with van der Waals surface area (Å²) in [4.78, 5) is 24.8. The highest BCUT2D eigenvalue weighted by Crippen LogP contribution is 2.23. The topological polar surface area (TPSA) is 129 Å². The average Bonchev–Trinajstić information content (AvgIpc) is 3.03. The first-order valence-electron chi connectivity index (χ1n) is 8.46. The van der Waals surface area contributed by atoms with Gasteiger partial charge in [-0.15, -0.1) is 10.2 Å². The van der Waals surface area contributed by atoms with Crippen molar-refractivity contribution >= 4 is 11.8 Å². The fraction of sp³-hybridized carbons (Fsp3) is 0.750. The molecule has 1 aliphatic heterocycles. The number of nitrogens with one attached hydrogen (secondary N) is 1. The van der Waals surface area contributed by atoms with E-state index in [0.717, 1.165) is 0 Å². The molecule has 0 spiro atoms. The summed E-state index contributed by atoms with van der Waals surface area (Å²) >= 11 is 0. The number of aromatic nitrogens is 2. The molecule has 2 atom stereocenters. The summed E-state index contributed by atoms with van der Waals surface area (Å²) in [5.74, 6) is 0.663. The maximum atomic E-state index is 12.3. The van der Waals surface area contributed by atoms with Crippen molar-refractivity contribution in [2.45, 2.75) is 57.7 Å². The number of aliphatic hydroxyl groups is 2. The lowest BCUT2D eigenvalue weighted by atomic mass is 9.88. The number of likely N-dealkylation sites (tertiary alicyclic amines) is 1. The quantitative estimate of drug-likeness (QED) is 0.633. The minimum Gasteiger partial charge on any atom is -0.425 e. The molecule has 9 heteroatoms. The normalized spacial score (nSPS) is 23.8. The lowest BCUT2D eigenvalue weighted by Gasteiger charge is -2.42. The van der Waals surface area contributed by atoms with E-state index < -0.39 is 11.7 Å². The van der Waals surface area contributed by atoms with Gasteiger partial charge in [-0.2, -0.15) is 0 Å². The van der Waals surface area contributed by atoms with Crippen LogP contribution in [0, 0.1) is 0 Å². The zero-order valence-electron chi connectivity index (χ0n) is 14.9. The summed E-state index contributed by atoms with van der Waals surface area (Å²) in [6, 6.07) is 0. The van der Waals surface area contributed by atoms with Gasteiger partial charge < -0.3 is 24.8 Å². The Labute approximate surface area is 146 Å². The summed E-state index contributed by atoms with van der Waals surface area (Å²) in [7, 11) is 0. The van der Waals surface area contributed by atoms with Crippen molar-refractivity contribution in [2.24, 2.45) is 0 Å². The molecule has 1 aliphatic rings. The van der Waals surface area contributed by atoms with E-state index in [2.05, 4.69) is 15.5 Å². The molecular weight excluding hydrogens is 328 g/mol. The largest absolute Gasteiger partial charge is 0.425 e. The van der Waals surface area contributed by atoms with E-state index in [1.54, 1.807) is 0 Å². The summed E-state index contributed by atoms with van der Waals surface area (Å²) in [6.45, 7) is 5.53. The summed E-state index contributed by atoms with van der Waals surface area (Å²) < 4.78 is 5.47. The molecule has 3 N–H and O–H groups in total. The standard InChI is InChI=1S/C16H26N4O5/c1-10(2)15-19-18-13(25-15)4-5-14(23)20-7-6-16(24,12(22)8-20)9-17-11(3)21/h10,12,22,24H,4-9H2,1-3H3,(H,17,21)/t12-,16-/m1/s1. The van der Waals surface area contributed by atoms with Gasteiger partial charge in [-0.25, -0.2) is 0 Å². The number of carbonyl (C=O) groups excluding carboxylic acids is 2. The van der Waals surface area contributed by atoms with Gasteiger partial charge in [0.2, 0.25) is 23.6 Å². The Morgan fingerprint density at radius 2 is 2.16 bits per heavy atom. The number of piperidine rings is 1. The zero-order valence-corrected chi connectivity index (χ0v) is 14.9. The van der Waals surface area contributed by atoms with Crippen LogP contribution in [0.25, 0.3) is 0 Å². The lowest BCUT2D eigenvalue weighted by molar-refractivity contribution is -0.150. The third kappa shape index (κ3) is 4.99. The number of hydrogen-bond donors (Lipinski definition) is 3. The maximum absolute atomic E-state index is 12.3. The van der Waals surface area contributed by atoms with Crippen LogP contribution in [0.2, 0.25) is 0 Å². The number of aryl methyl sites for hydroxylation is 1. The van der Waals surface area contributed by atoms with Crippen LogP contribution >= 0.6 is 0 Å². The van der Waals surface area contributed by atoms with Gasteiger partial charge >= 0.3 is 0 Å². The van der Waals surface area contributed by atoms with E-state index in [1.807, 2.05) is 13.8 Å². The van der Waals surface area contributed by atoms with Crippen molar-refractivity contribution < 1.29 is 24.2 Å². The molecule has 1 fully saturated rings. The summed E-state index contributed by atoms with van der Waals surface area (Å²) in [5.41, 5.74) is -1.42. The molecule has 1 aromatic rings. The number of carbonyl (C=O) groups is 2. The molecular formula is C16H26N4O5. The van der Waals surface area contributed by atoms with E-state index in [1.165, 1.54) is 11.8 Å². The third-order valence-electron chi connectivity index (χ3n) is 4.35. The SMILES string of the molecule is CC(=O)NC[C@]1(O)CCN(C(=O)CCc2nnc(C(C)C)o2)C[C@H]1O. The van der Waals surface area contributed by atoms with Crippen molar-refractivity contribution in [3.8, 4) is 0 Å². The number of aliphatic hydroxyl groups excluding tert-OH is 1.